The Bertz CT molecular complexity index is 37.1. The fourth-order valence-corrected chi connectivity index (χ4v) is 0. The Morgan fingerprint density at radius 3 is 0.667 bits per heavy atom. The minimum atomic E-state index is -9.19. The van der Waals surface area contributed by atoms with Crippen LogP contribution in [0.25, 0.3) is 0 Å². The first kappa shape index (κ1) is 6.44. The van der Waals surface area contributed by atoms with E-state index in [9.17, 15) is 14.5 Å². The molecule has 0 aliphatic carbocycles. The molecule has 0 amide bonds. The quantitative estimate of drug-likeness (QED) is 0.431. The molecule has 0 atom stereocenters. The number of halogens is 5. The summed E-state index contributed by atoms with van der Waals surface area (Å²) < 4.78 is 49.6. The van der Waals surface area contributed by atoms with Gasteiger partial charge in [0.15, 0.2) is 0 Å². The van der Waals surface area contributed by atoms with Crippen LogP contribution in [0.5, 0.6) is 0 Å². The molecule has 0 fully saturated rings. The van der Waals surface area contributed by atoms with E-state index in [2.05, 4.69) is 0 Å². The monoisotopic (exact) mass is 226 g/mol. The van der Waals surface area contributed by atoms with Gasteiger partial charge in [0.25, 0.3) is 0 Å². The molecule has 6 heavy (non-hydrogen) atoms. The summed E-state index contributed by atoms with van der Waals surface area (Å²) in [6, 6.07) is 0. The van der Waals surface area contributed by atoms with Crippen molar-refractivity contribution < 1.29 is 14.5 Å². The summed E-state index contributed by atoms with van der Waals surface area (Å²) in [4.78, 5) is 0. The average Bonchev–Trinajstić information content (AvgIpc) is 0.650. The van der Waals surface area contributed by atoms with Gasteiger partial charge in [-0.3, -0.25) is 0 Å². The van der Waals surface area contributed by atoms with Crippen molar-refractivity contribution in [1.82, 2.24) is 0 Å². The van der Waals surface area contributed by atoms with Crippen LogP contribution < -0.4 is 0 Å². The van der Waals surface area contributed by atoms with Gasteiger partial charge in [-0.15, -0.1) is 0 Å². The van der Waals surface area contributed by atoms with Gasteiger partial charge in [-0.25, -0.2) is 0 Å². The van der Waals surface area contributed by atoms with Crippen LogP contribution in [-0.4, -0.2) is 19.6 Å². The Morgan fingerprint density at radius 1 is 0.667 bits per heavy atom. The van der Waals surface area contributed by atoms with E-state index in [-0.39, 0.29) is 0 Å². The number of hydrogen-bond acceptors (Lipinski definition) is 0. The van der Waals surface area contributed by atoms with Crippen molar-refractivity contribution in [1.29, 1.82) is 0 Å². The van der Waals surface area contributed by atoms with Crippen molar-refractivity contribution >= 4 is 19.6 Å². The average molecular weight is 224 g/mol. The first-order valence-corrected chi connectivity index (χ1v) is 5.67. The van der Waals surface area contributed by atoms with Gasteiger partial charge in [-0.05, 0) is 0 Å². The molecule has 0 N–H and O–H groups in total. The van der Waals surface area contributed by atoms with Crippen molar-refractivity contribution in [3.63, 3.8) is 0 Å². The summed E-state index contributed by atoms with van der Waals surface area (Å²) >= 11 is -9.19. The Balaban J connectivity index is 3.73. The van der Waals surface area contributed by atoms with Crippen LogP contribution in [0.1, 0.15) is 0 Å². The summed E-state index contributed by atoms with van der Waals surface area (Å²) in [6.07, 6.45) is 0. The van der Waals surface area contributed by atoms with Crippen molar-refractivity contribution in [3.05, 3.63) is 0 Å². The van der Waals surface area contributed by atoms with Gasteiger partial charge in [0.1, 0.15) is 0 Å². The molecule has 0 aliphatic heterocycles. The van der Waals surface area contributed by atoms with E-state index in [1.54, 1.807) is 0 Å². The van der Waals surface area contributed by atoms with E-state index in [4.69, 9.17) is 0 Å². The van der Waals surface area contributed by atoms with E-state index in [1.807, 2.05) is 0 Å². The van der Waals surface area contributed by atoms with Gasteiger partial charge in [0.05, 0.1) is 0 Å². The Kier molecular flexibility index (Phi) is 1.06. The molecule has 0 rings (SSSR count). The molecular formula is HF5Te. The molecule has 0 aromatic carbocycles. The Morgan fingerprint density at radius 2 is 0.667 bits per heavy atom. The molecule has 42 valence electrons. The van der Waals surface area contributed by atoms with Gasteiger partial charge in [-0.2, -0.15) is 0 Å². The SMILES string of the molecule is F[TeH](F)(F)(F)F. The summed E-state index contributed by atoms with van der Waals surface area (Å²) in [5.41, 5.74) is 0. The third-order valence-electron chi connectivity index (χ3n) is 0. The van der Waals surface area contributed by atoms with Crippen LogP contribution in [0, 0.1) is 0 Å². The first-order valence-electron chi connectivity index (χ1n) is 0.845. The van der Waals surface area contributed by atoms with Crippen molar-refractivity contribution in [3.8, 4) is 0 Å². The second-order valence-corrected chi connectivity index (χ2v) is 4.29. The van der Waals surface area contributed by atoms with Crippen LogP contribution in [0.15, 0.2) is 0 Å². The maximum absolute atomic E-state index is 9.91. The molecule has 0 saturated heterocycles. The third kappa shape index (κ3) is 272. The summed E-state index contributed by atoms with van der Waals surface area (Å²) in [6.45, 7) is 0. The van der Waals surface area contributed by atoms with Crippen molar-refractivity contribution in [2.45, 2.75) is 0 Å². The van der Waals surface area contributed by atoms with Gasteiger partial charge in [-0.1, -0.05) is 0 Å². The number of hydrogen-bond donors (Lipinski definition) is 0. The van der Waals surface area contributed by atoms with Crippen molar-refractivity contribution in [2.24, 2.45) is 0 Å². The Labute approximate surface area is 34.8 Å². The molecule has 0 aromatic rings. The summed E-state index contributed by atoms with van der Waals surface area (Å²) in [7, 11) is 0. The molecule has 0 bridgehead atoms. The second kappa shape index (κ2) is 0.984. The molecule has 0 spiro atoms. The van der Waals surface area contributed by atoms with E-state index in [0.717, 1.165) is 0 Å². The zero-order valence-corrected chi connectivity index (χ0v) is 4.89. The van der Waals surface area contributed by atoms with E-state index >= 15 is 0 Å². The van der Waals surface area contributed by atoms with Crippen LogP contribution in [0.4, 0.5) is 14.5 Å². The second-order valence-electron chi connectivity index (χ2n) is 0.639. The van der Waals surface area contributed by atoms with E-state index in [0.29, 0.717) is 0 Å². The summed E-state index contributed by atoms with van der Waals surface area (Å²) in [5.74, 6) is 0. The molecule has 6 heteroatoms. The normalized spacial score (nSPS) is 19.2. The van der Waals surface area contributed by atoms with Crippen LogP contribution in [0.2, 0.25) is 0 Å². The topological polar surface area (TPSA) is 0 Å². The molecule has 0 nitrogen and oxygen atoms in total. The third-order valence-corrected chi connectivity index (χ3v) is 0. The van der Waals surface area contributed by atoms with Crippen LogP contribution >= 0.6 is 0 Å². The van der Waals surface area contributed by atoms with E-state index in [1.165, 1.54) is 0 Å². The fraction of sp³-hybridized carbons (Fsp3) is 0. The van der Waals surface area contributed by atoms with Crippen LogP contribution in [-0.2, 0) is 0 Å². The molecular weight excluding hydrogens is 223 g/mol. The standard InChI is InChI=1S/F5HTe/c1-6(2,3,4)5/h6H. The molecule has 0 unspecified atom stereocenters. The first-order chi connectivity index (χ1) is 2.24. The zero-order chi connectivity index (χ0) is 5.45. The molecule has 0 aromatic heterocycles. The van der Waals surface area contributed by atoms with E-state index < -0.39 is 19.6 Å². The predicted molar refractivity (Wildman–Crippen MR) is 12.7 cm³/mol. The molecule has 0 radical (unpaired) electrons. The van der Waals surface area contributed by atoms with Gasteiger partial charge < -0.3 is 0 Å². The summed E-state index contributed by atoms with van der Waals surface area (Å²) in [5, 5.41) is 0. The van der Waals surface area contributed by atoms with Gasteiger partial charge in [0, 0.05) is 0 Å². The molecule has 0 heterocycles. The Hall–Kier alpha value is 0.440. The van der Waals surface area contributed by atoms with Gasteiger partial charge in [0.2, 0.25) is 0 Å². The maximum atomic E-state index is 9.91. The van der Waals surface area contributed by atoms with Gasteiger partial charge >= 0.3 is 34.1 Å². The fourth-order valence-electron chi connectivity index (χ4n) is 0. The van der Waals surface area contributed by atoms with Crippen molar-refractivity contribution in [2.75, 3.05) is 0 Å². The molecule has 0 aliphatic rings. The zero-order valence-electron chi connectivity index (χ0n) is 2.34. The predicted octanol–water partition coefficient (Wildman–Crippen LogP) is 1.45. The number of rotatable bonds is 0. The molecule has 0 saturated carbocycles. The minimum absolute atomic E-state index is 9.19. The van der Waals surface area contributed by atoms with Crippen LogP contribution in [0.3, 0.4) is 0 Å².